The minimum Gasteiger partial charge on any atom is -0.354 e. The van der Waals surface area contributed by atoms with Crippen LogP contribution in [0.4, 0.5) is 0 Å². The molecule has 1 aromatic heterocycles. The Bertz CT molecular complexity index is 333. The van der Waals surface area contributed by atoms with E-state index in [1.807, 2.05) is 18.3 Å². The summed E-state index contributed by atoms with van der Waals surface area (Å²) in [6.07, 6.45) is 6.48. The van der Waals surface area contributed by atoms with Crippen LogP contribution in [-0.4, -0.2) is 30.0 Å². The number of carbonyl (C=O) groups is 1. The average Bonchev–Trinajstić information content (AvgIpc) is 2.84. The minimum atomic E-state index is 0.0221. The van der Waals surface area contributed by atoms with Gasteiger partial charge in [-0.15, -0.1) is 0 Å². The smallest absolute Gasteiger partial charge is 0.237 e. The first-order valence-corrected chi connectivity index (χ1v) is 5.76. The highest BCUT2D eigenvalue weighted by Gasteiger charge is 2.20. The first-order chi connectivity index (χ1) is 7.86. The molecule has 1 fully saturated rings. The number of rotatable bonds is 4. The van der Waals surface area contributed by atoms with Crippen molar-refractivity contribution < 1.29 is 4.79 Å². The average molecular weight is 219 g/mol. The van der Waals surface area contributed by atoms with Crippen molar-refractivity contribution in [2.45, 2.75) is 25.3 Å². The van der Waals surface area contributed by atoms with Crippen LogP contribution in [0.25, 0.3) is 0 Å². The largest absolute Gasteiger partial charge is 0.354 e. The van der Waals surface area contributed by atoms with Crippen LogP contribution in [0.15, 0.2) is 24.5 Å². The van der Waals surface area contributed by atoms with E-state index in [1.165, 1.54) is 0 Å². The molecule has 0 bridgehead atoms. The Morgan fingerprint density at radius 2 is 2.56 bits per heavy atom. The molecule has 1 aromatic rings. The van der Waals surface area contributed by atoms with Gasteiger partial charge in [-0.05, 0) is 37.4 Å². The molecular weight excluding hydrogens is 202 g/mol. The highest BCUT2D eigenvalue weighted by atomic mass is 16.2. The van der Waals surface area contributed by atoms with E-state index < -0.39 is 0 Å². The van der Waals surface area contributed by atoms with E-state index in [1.54, 1.807) is 6.20 Å². The number of carbonyl (C=O) groups excluding carboxylic acids is 1. The number of hydrogen-bond donors (Lipinski definition) is 2. The summed E-state index contributed by atoms with van der Waals surface area (Å²) in [4.78, 5) is 15.7. The summed E-state index contributed by atoms with van der Waals surface area (Å²) in [5.74, 6) is 0.126. The van der Waals surface area contributed by atoms with Gasteiger partial charge >= 0.3 is 0 Å². The Kier molecular flexibility index (Phi) is 3.88. The van der Waals surface area contributed by atoms with E-state index in [0.717, 1.165) is 31.4 Å². The van der Waals surface area contributed by atoms with Crippen LogP contribution in [-0.2, 0) is 11.2 Å². The second kappa shape index (κ2) is 5.61. The third-order valence-electron chi connectivity index (χ3n) is 2.81. The van der Waals surface area contributed by atoms with E-state index in [-0.39, 0.29) is 11.9 Å². The molecule has 1 atom stereocenters. The molecule has 0 radical (unpaired) electrons. The number of aromatic nitrogens is 1. The second-order valence-electron chi connectivity index (χ2n) is 4.05. The normalized spacial score (nSPS) is 19.6. The highest BCUT2D eigenvalue weighted by Crippen LogP contribution is 2.04. The van der Waals surface area contributed by atoms with E-state index in [4.69, 9.17) is 0 Å². The summed E-state index contributed by atoms with van der Waals surface area (Å²) in [6, 6.07) is 3.96. The fourth-order valence-corrected chi connectivity index (χ4v) is 1.91. The minimum absolute atomic E-state index is 0.0221. The van der Waals surface area contributed by atoms with Gasteiger partial charge < -0.3 is 10.6 Å². The lowest BCUT2D eigenvalue weighted by Gasteiger charge is -2.10. The van der Waals surface area contributed by atoms with E-state index >= 15 is 0 Å². The molecule has 2 rings (SSSR count). The maximum Gasteiger partial charge on any atom is 0.237 e. The van der Waals surface area contributed by atoms with Crippen molar-refractivity contribution in [3.05, 3.63) is 30.1 Å². The molecule has 86 valence electrons. The van der Waals surface area contributed by atoms with Gasteiger partial charge in [0, 0.05) is 18.9 Å². The molecule has 1 amide bonds. The summed E-state index contributed by atoms with van der Waals surface area (Å²) >= 11 is 0. The molecule has 0 aromatic carbocycles. The summed E-state index contributed by atoms with van der Waals surface area (Å²) in [5.41, 5.74) is 1.15. The van der Waals surface area contributed by atoms with Crippen molar-refractivity contribution in [1.29, 1.82) is 0 Å². The van der Waals surface area contributed by atoms with Gasteiger partial charge in [0.1, 0.15) is 0 Å². The van der Waals surface area contributed by atoms with Crippen LogP contribution in [0.2, 0.25) is 0 Å². The Morgan fingerprint density at radius 3 is 3.25 bits per heavy atom. The van der Waals surface area contributed by atoms with Crippen LogP contribution >= 0.6 is 0 Å². The van der Waals surface area contributed by atoms with Gasteiger partial charge in [-0.25, -0.2) is 0 Å². The maximum atomic E-state index is 11.6. The van der Waals surface area contributed by atoms with Crippen molar-refractivity contribution in [3.8, 4) is 0 Å². The maximum absolute atomic E-state index is 11.6. The quantitative estimate of drug-likeness (QED) is 0.775. The molecule has 0 aliphatic carbocycles. The monoisotopic (exact) mass is 219 g/mol. The first kappa shape index (κ1) is 11.1. The third kappa shape index (κ3) is 3.03. The van der Waals surface area contributed by atoms with Gasteiger partial charge in [0.05, 0.1) is 6.04 Å². The molecule has 0 unspecified atom stereocenters. The Balaban J connectivity index is 1.70. The van der Waals surface area contributed by atoms with Crippen molar-refractivity contribution >= 4 is 5.91 Å². The van der Waals surface area contributed by atoms with Crippen molar-refractivity contribution in [1.82, 2.24) is 15.6 Å². The predicted octanol–water partition coefficient (Wildman–Crippen LogP) is 0.492. The fraction of sp³-hybridized carbons (Fsp3) is 0.500. The van der Waals surface area contributed by atoms with Gasteiger partial charge in [0.15, 0.2) is 0 Å². The molecule has 0 spiro atoms. The van der Waals surface area contributed by atoms with Crippen molar-refractivity contribution in [2.24, 2.45) is 0 Å². The number of amides is 1. The zero-order valence-corrected chi connectivity index (χ0v) is 9.28. The first-order valence-electron chi connectivity index (χ1n) is 5.76. The van der Waals surface area contributed by atoms with Crippen LogP contribution in [0.3, 0.4) is 0 Å². The molecule has 4 nitrogen and oxygen atoms in total. The predicted molar refractivity (Wildman–Crippen MR) is 62.0 cm³/mol. The fourth-order valence-electron chi connectivity index (χ4n) is 1.91. The lowest BCUT2D eigenvalue weighted by atomic mass is 10.2. The van der Waals surface area contributed by atoms with Gasteiger partial charge in [0.2, 0.25) is 5.91 Å². The van der Waals surface area contributed by atoms with Crippen LogP contribution in [0, 0.1) is 0 Å². The van der Waals surface area contributed by atoms with Crippen LogP contribution < -0.4 is 10.6 Å². The van der Waals surface area contributed by atoms with E-state index in [2.05, 4.69) is 15.6 Å². The number of hydrogen-bond acceptors (Lipinski definition) is 3. The molecule has 16 heavy (non-hydrogen) atoms. The van der Waals surface area contributed by atoms with Gasteiger partial charge in [-0.1, -0.05) is 6.07 Å². The molecule has 0 saturated carbocycles. The molecule has 2 N–H and O–H groups in total. The standard InChI is InChI=1S/C12H17N3O/c16-12(11-4-2-7-14-11)15-8-5-10-3-1-6-13-9-10/h1,3,6,9,11,14H,2,4-5,7-8H2,(H,15,16)/t11-/m0/s1. The van der Waals surface area contributed by atoms with Crippen molar-refractivity contribution in [2.75, 3.05) is 13.1 Å². The lowest BCUT2D eigenvalue weighted by molar-refractivity contribution is -0.122. The van der Waals surface area contributed by atoms with Crippen molar-refractivity contribution in [3.63, 3.8) is 0 Å². The summed E-state index contributed by atoms with van der Waals surface area (Å²) < 4.78 is 0. The highest BCUT2D eigenvalue weighted by molar-refractivity contribution is 5.81. The Labute approximate surface area is 95.5 Å². The molecular formula is C12H17N3O. The number of pyridine rings is 1. The van der Waals surface area contributed by atoms with Gasteiger partial charge in [-0.2, -0.15) is 0 Å². The SMILES string of the molecule is O=C(NCCc1cccnc1)[C@@H]1CCCN1. The van der Waals surface area contributed by atoms with Gasteiger partial charge in [-0.3, -0.25) is 9.78 Å². The Morgan fingerprint density at radius 1 is 1.62 bits per heavy atom. The molecule has 1 saturated heterocycles. The molecule has 1 aliphatic heterocycles. The zero-order valence-electron chi connectivity index (χ0n) is 9.28. The number of nitrogens with zero attached hydrogens (tertiary/aromatic N) is 1. The van der Waals surface area contributed by atoms with E-state index in [0.29, 0.717) is 6.54 Å². The van der Waals surface area contributed by atoms with Gasteiger partial charge in [0.25, 0.3) is 0 Å². The summed E-state index contributed by atoms with van der Waals surface area (Å²) in [6.45, 7) is 1.64. The lowest BCUT2D eigenvalue weighted by Crippen LogP contribution is -2.41. The van der Waals surface area contributed by atoms with Crippen LogP contribution in [0.5, 0.6) is 0 Å². The third-order valence-corrected chi connectivity index (χ3v) is 2.81. The Hall–Kier alpha value is -1.42. The topological polar surface area (TPSA) is 54.0 Å². The molecule has 1 aliphatic rings. The van der Waals surface area contributed by atoms with Crippen LogP contribution in [0.1, 0.15) is 18.4 Å². The molecule has 2 heterocycles. The van der Waals surface area contributed by atoms with E-state index in [9.17, 15) is 4.79 Å². The second-order valence-corrected chi connectivity index (χ2v) is 4.05. The summed E-state index contributed by atoms with van der Waals surface area (Å²) in [7, 11) is 0. The summed E-state index contributed by atoms with van der Waals surface area (Å²) in [5, 5.41) is 6.12. The molecule has 4 heteroatoms. The number of nitrogens with one attached hydrogen (secondary N) is 2. The zero-order chi connectivity index (χ0) is 11.2.